The zero-order valence-corrected chi connectivity index (χ0v) is 8.66. The molecule has 0 amide bonds. The van der Waals surface area contributed by atoms with Gasteiger partial charge in [-0.15, -0.1) is 0 Å². The van der Waals surface area contributed by atoms with Crippen LogP contribution in [-0.2, 0) is 7.05 Å². The van der Waals surface area contributed by atoms with Crippen molar-refractivity contribution in [3.05, 3.63) is 35.0 Å². The molecule has 0 aliphatic rings. The van der Waals surface area contributed by atoms with Gasteiger partial charge in [-0.1, -0.05) is 12.1 Å². The molecule has 0 radical (unpaired) electrons. The van der Waals surface area contributed by atoms with E-state index in [1.54, 1.807) is 0 Å². The van der Waals surface area contributed by atoms with Gasteiger partial charge in [-0.3, -0.25) is 4.79 Å². The van der Waals surface area contributed by atoms with E-state index in [0.717, 1.165) is 28.3 Å². The predicted octanol–water partition coefficient (Wildman–Crippen LogP) is 2.61. The second-order valence-corrected chi connectivity index (χ2v) is 3.74. The highest BCUT2D eigenvalue weighted by atomic mass is 16.1. The maximum Gasteiger partial charge on any atom is 0.152 e. The molecule has 0 fully saturated rings. The highest BCUT2D eigenvalue weighted by Crippen LogP contribution is 2.25. The van der Waals surface area contributed by atoms with E-state index in [4.69, 9.17) is 0 Å². The summed E-state index contributed by atoms with van der Waals surface area (Å²) in [5.41, 5.74) is 4.31. The summed E-state index contributed by atoms with van der Waals surface area (Å²) < 4.78 is 2.02. The minimum absolute atomic E-state index is 0.781. The molecule has 2 heteroatoms. The molecule has 0 saturated carbocycles. The van der Waals surface area contributed by atoms with Gasteiger partial charge in [0.05, 0.1) is 5.52 Å². The molecule has 0 aliphatic carbocycles. The molecule has 0 spiro atoms. The summed E-state index contributed by atoms with van der Waals surface area (Å²) in [6, 6.07) is 4.15. The first-order chi connectivity index (χ1) is 6.65. The van der Waals surface area contributed by atoms with Crippen LogP contribution in [0.15, 0.2) is 18.3 Å². The first-order valence-electron chi connectivity index (χ1n) is 4.65. The monoisotopic (exact) mass is 187 g/mol. The van der Waals surface area contributed by atoms with Crippen molar-refractivity contribution < 1.29 is 4.79 Å². The lowest BCUT2D eigenvalue weighted by atomic mass is 10.0. The molecule has 0 saturated heterocycles. The third-order valence-corrected chi connectivity index (χ3v) is 2.69. The number of fused-ring (bicyclic) bond motifs is 1. The summed E-state index contributed by atoms with van der Waals surface area (Å²) in [6.07, 6.45) is 2.81. The van der Waals surface area contributed by atoms with Crippen molar-refractivity contribution in [2.24, 2.45) is 7.05 Å². The second-order valence-electron chi connectivity index (χ2n) is 3.74. The third kappa shape index (κ3) is 1.07. The molecule has 2 rings (SSSR count). The average Bonchev–Trinajstić information content (AvgIpc) is 2.50. The van der Waals surface area contributed by atoms with Gasteiger partial charge in [0.1, 0.15) is 0 Å². The van der Waals surface area contributed by atoms with Crippen LogP contribution in [0.2, 0.25) is 0 Å². The van der Waals surface area contributed by atoms with Gasteiger partial charge in [-0.2, -0.15) is 0 Å². The van der Waals surface area contributed by atoms with Crippen LogP contribution in [-0.4, -0.2) is 10.9 Å². The lowest BCUT2D eigenvalue weighted by molar-refractivity contribution is 0.112. The van der Waals surface area contributed by atoms with E-state index in [1.165, 1.54) is 5.56 Å². The number of hydrogen-bond acceptors (Lipinski definition) is 1. The van der Waals surface area contributed by atoms with Crippen LogP contribution in [0.1, 0.15) is 21.5 Å². The first kappa shape index (κ1) is 9.00. The number of nitrogens with zero attached hydrogens (tertiary/aromatic N) is 1. The SMILES string of the molecule is Cc1ccc(C)c2c1c(C=O)cn2C. The molecular weight excluding hydrogens is 174 g/mol. The number of rotatable bonds is 1. The topological polar surface area (TPSA) is 22.0 Å². The summed E-state index contributed by atoms with van der Waals surface area (Å²) in [5.74, 6) is 0. The fourth-order valence-corrected chi connectivity index (χ4v) is 2.04. The highest BCUT2D eigenvalue weighted by Gasteiger charge is 2.09. The summed E-state index contributed by atoms with van der Waals surface area (Å²) in [7, 11) is 1.97. The maximum absolute atomic E-state index is 10.9. The minimum atomic E-state index is 0.781. The number of aldehydes is 1. The Labute approximate surface area is 83.2 Å². The zero-order chi connectivity index (χ0) is 10.3. The molecule has 2 aromatic rings. The van der Waals surface area contributed by atoms with Crippen LogP contribution in [0, 0.1) is 13.8 Å². The number of carbonyl (C=O) groups excluding carboxylic acids is 1. The van der Waals surface area contributed by atoms with Crippen molar-refractivity contribution in [1.29, 1.82) is 0 Å². The zero-order valence-electron chi connectivity index (χ0n) is 8.66. The number of hydrogen-bond donors (Lipinski definition) is 0. The Morgan fingerprint density at radius 1 is 1.21 bits per heavy atom. The molecule has 14 heavy (non-hydrogen) atoms. The van der Waals surface area contributed by atoms with Gasteiger partial charge in [0.15, 0.2) is 6.29 Å². The molecule has 1 aromatic carbocycles. The maximum atomic E-state index is 10.9. The molecule has 72 valence electrons. The average molecular weight is 187 g/mol. The van der Waals surface area contributed by atoms with Crippen molar-refractivity contribution in [2.75, 3.05) is 0 Å². The lowest BCUT2D eigenvalue weighted by Crippen LogP contribution is -1.88. The van der Waals surface area contributed by atoms with E-state index in [2.05, 4.69) is 19.1 Å². The van der Waals surface area contributed by atoms with Crippen LogP contribution >= 0.6 is 0 Å². The molecule has 0 bridgehead atoms. The van der Waals surface area contributed by atoms with Gasteiger partial charge in [0.25, 0.3) is 0 Å². The van der Waals surface area contributed by atoms with Gasteiger partial charge >= 0.3 is 0 Å². The largest absolute Gasteiger partial charge is 0.350 e. The molecule has 0 N–H and O–H groups in total. The Hall–Kier alpha value is -1.57. The van der Waals surface area contributed by atoms with Crippen molar-refractivity contribution >= 4 is 17.2 Å². The molecule has 0 unspecified atom stereocenters. The Kier molecular flexibility index (Phi) is 1.92. The Balaban J connectivity index is 3.02. The summed E-state index contributed by atoms with van der Waals surface area (Å²) in [6.45, 7) is 4.10. The normalized spacial score (nSPS) is 10.8. The molecule has 0 atom stereocenters. The van der Waals surface area contributed by atoms with E-state index in [0.29, 0.717) is 0 Å². The molecule has 1 heterocycles. The number of carbonyl (C=O) groups is 1. The number of benzene rings is 1. The van der Waals surface area contributed by atoms with Crippen LogP contribution in [0.4, 0.5) is 0 Å². The Morgan fingerprint density at radius 2 is 1.86 bits per heavy atom. The van der Waals surface area contributed by atoms with Gasteiger partial charge in [-0.05, 0) is 25.0 Å². The quantitative estimate of drug-likeness (QED) is 0.629. The van der Waals surface area contributed by atoms with Gasteiger partial charge in [0.2, 0.25) is 0 Å². The van der Waals surface area contributed by atoms with Crippen LogP contribution in [0.3, 0.4) is 0 Å². The van der Waals surface area contributed by atoms with Crippen molar-refractivity contribution in [3.8, 4) is 0 Å². The van der Waals surface area contributed by atoms with Crippen LogP contribution < -0.4 is 0 Å². The summed E-state index contributed by atoms with van der Waals surface area (Å²) in [4.78, 5) is 10.9. The van der Waals surface area contributed by atoms with Crippen molar-refractivity contribution in [1.82, 2.24) is 4.57 Å². The second kappa shape index (κ2) is 2.98. The van der Waals surface area contributed by atoms with E-state index >= 15 is 0 Å². The summed E-state index contributed by atoms with van der Waals surface area (Å²) in [5, 5.41) is 1.09. The highest BCUT2D eigenvalue weighted by molar-refractivity contribution is 6.00. The fraction of sp³-hybridized carbons (Fsp3) is 0.250. The van der Waals surface area contributed by atoms with Gasteiger partial charge in [-0.25, -0.2) is 0 Å². The Morgan fingerprint density at radius 3 is 2.50 bits per heavy atom. The lowest BCUT2D eigenvalue weighted by Gasteiger charge is -2.03. The van der Waals surface area contributed by atoms with Crippen LogP contribution in [0.25, 0.3) is 10.9 Å². The van der Waals surface area contributed by atoms with Gasteiger partial charge in [0, 0.05) is 24.2 Å². The number of aromatic nitrogens is 1. The Bertz CT molecular complexity index is 509. The van der Waals surface area contributed by atoms with E-state index in [9.17, 15) is 4.79 Å². The van der Waals surface area contributed by atoms with Crippen LogP contribution in [0.5, 0.6) is 0 Å². The molecule has 2 nitrogen and oxygen atoms in total. The fourth-order valence-electron chi connectivity index (χ4n) is 2.04. The smallest absolute Gasteiger partial charge is 0.152 e. The van der Waals surface area contributed by atoms with E-state index < -0.39 is 0 Å². The number of aryl methyl sites for hydroxylation is 3. The molecule has 1 aromatic heterocycles. The van der Waals surface area contributed by atoms with E-state index in [-0.39, 0.29) is 0 Å². The summed E-state index contributed by atoms with van der Waals surface area (Å²) >= 11 is 0. The van der Waals surface area contributed by atoms with E-state index in [1.807, 2.05) is 24.7 Å². The van der Waals surface area contributed by atoms with Gasteiger partial charge < -0.3 is 4.57 Å². The third-order valence-electron chi connectivity index (χ3n) is 2.69. The molecular formula is C12H13NO. The first-order valence-corrected chi connectivity index (χ1v) is 4.65. The standard InChI is InChI=1S/C12H13NO/c1-8-4-5-9(2)12-11(8)10(7-14)6-13(12)3/h4-7H,1-3H3. The predicted molar refractivity (Wildman–Crippen MR) is 57.8 cm³/mol. The molecule has 0 aliphatic heterocycles. The minimum Gasteiger partial charge on any atom is -0.350 e. The van der Waals surface area contributed by atoms with Crippen molar-refractivity contribution in [2.45, 2.75) is 13.8 Å². The van der Waals surface area contributed by atoms with Crippen molar-refractivity contribution in [3.63, 3.8) is 0 Å².